The highest BCUT2D eigenvalue weighted by atomic mass is 19.2. The summed E-state index contributed by atoms with van der Waals surface area (Å²) in [7, 11) is 0. The number of amides is 2. The van der Waals surface area contributed by atoms with Crippen LogP contribution in [-0.4, -0.2) is 34.5 Å². The van der Waals surface area contributed by atoms with Crippen molar-refractivity contribution >= 4 is 11.8 Å². The molecule has 2 heterocycles. The minimum absolute atomic E-state index is 0.0998. The zero-order valence-electron chi connectivity index (χ0n) is 15.7. The monoisotopic (exact) mass is 415 g/mol. The quantitative estimate of drug-likeness (QED) is 0.711. The van der Waals surface area contributed by atoms with Crippen molar-refractivity contribution in [3.8, 4) is 11.3 Å². The summed E-state index contributed by atoms with van der Waals surface area (Å²) in [6, 6.07) is 10.4. The van der Waals surface area contributed by atoms with Crippen molar-refractivity contribution in [2.24, 2.45) is 0 Å². The molecule has 1 fully saturated rings. The maximum atomic E-state index is 14.9. The number of aromatic nitrogens is 1. The van der Waals surface area contributed by atoms with Gasteiger partial charge < -0.3 is 14.7 Å². The first-order valence-electron chi connectivity index (χ1n) is 9.13. The first-order valence-corrected chi connectivity index (χ1v) is 9.13. The number of nitrogens with zero attached hydrogens (tertiary/aromatic N) is 2. The molecule has 1 aromatic heterocycles. The maximum Gasteiger partial charge on any atom is 0.279 e. The lowest BCUT2D eigenvalue weighted by molar-refractivity contribution is -0.128. The standard InChI is InChI=1S/C21H16F3N3O3/c1-11-20(28)25-16(12-5-3-2-4-6-12)10-27(11)21(29)18-17(24)19(30-26-18)13-7-8-14(22)15(23)9-13/h2-9,11,16H,10H2,1H3,(H,25,28). The van der Waals surface area contributed by atoms with Gasteiger partial charge in [-0.2, -0.15) is 4.39 Å². The van der Waals surface area contributed by atoms with Gasteiger partial charge in [0.1, 0.15) is 6.04 Å². The van der Waals surface area contributed by atoms with E-state index in [0.29, 0.717) is 0 Å². The van der Waals surface area contributed by atoms with E-state index in [1.807, 2.05) is 18.2 Å². The molecule has 2 unspecified atom stereocenters. The van der Waals surface area contributed by atoms with Gasteiger partial charge in [-0.25, -0.2) is 8.78 Å². The van der Waals surface area contributed by atoms with Crippen LogP contribution in [0.2, 0.25) is 0 Å². The van der Waals surface area contributed by atoms with Crippen LogP contribution in [0.3, 0.4) is 0 Å². The highest BCUT2D eigenvalue weighted by molar-refractivity contribution is 5.97. The maximum absolute atomic E-state index is 14.9. The predicted octanol–water partition coefficient (Wildman–Crippen LogP) is 3.46. The normalized spacial score (nSPS) is 18.9. The van der Waals surface area contributed by atoms with Crippen molar-refractivity contribution in [3.05, 3.63) is 77.2 Å². The largest absolute Gasteiger partial charge is 0.352 e. The third-order valence-corrected chi connectivity index (χ3v) is 5.03. The molecule has 2 aromatic carbocycles. The molecule has 30 heavy (non-hydrogen) atoms. The van der Waals surface area contributed by atoms with Crippen LogP contribution in [0.25, 0.3) is 11.3 Å². The summed E-state index contributed by atoms with van der Waals surface area (Å²) in [6.07, 6.45) is 0. The average molecular weight is 415 g/mol. The lowest BCUT2D eigenvalue weighted by atomic mass is 10.0. The number of rotatable bonds is 3. The summed E-state index contributed by atoms with van der Waals surface area (Å²) in [5.74, 6) is -5.13. The molecule has 1 saturated heterocycles. The van der Waals surface area contributed by atoms with Crippen LogP contribution in [0.4, 0.5) is 13.2 Å². The second kappa shape index (κ2) is 7.66. The fraction of sp³-hybridized carbons (Fsp3) is 0.190. The Balaban J connectivity index is 1.64. The van der Waals surface area contributed by atoms with E-state index in [1.165, 1.54) is 11.8 Å². The molecule has 0 bridgehead atoms. The van der Waals surface area contributed by atoms with Crippen molar-refractivity contribution in [2.45, 2.75) is 19.0 Å². The van der Waals surface area contributed by atoms with E-state index in [1.54, 1.807) is 12.1 Å². The number of hydrogen-bond donors (Lipinski definition) is 1. The smallest absolute Gasteiger partial charge is 0.279 e. The van der Waals surface area contributed by atoms with E-state index in [-0.39, 0.29) is 12.1 Å². The highest BCUT2D eigenvalue weighted by Gasteiger charge is 2.38. The number of carbonyl (C=O) groups is 2. The third kappa shape index (κ3) is 3.42. The van der Waals surface area contributed by atoms with Gasteiger partial charge in [-0.05, 0) is 30.7 Å². The molecule has 154 valence electrons. The Bertz CT molecular complexity index is 1120. The van der Waals surface area contributed by atoms with E-state index < -0.39 is 52.8 Å². The third-order valence-electron chi connectivity index (χ3n) is 5.03. The van der Waals surface area contributed by atoms with E-state index in [9.17, 15) is 22.8 Å². The van der Waals surface area contributed by atoms with Crippen LogP contribution >= 0.6 is 0 Å². The van der Waals surface area contributed by atoms with Gasteiger partial charge in [0, 0.05) is 12.1 Å². The lowest BCUT2D eigenvalue weighted by Crippen LogP contribution is -2.57. The minimum atomic E-state index is -1.19. The zero-order valence-corrected chi connectivity index (χ0v) is 15.7. The predicted molar refractivity (Wildman–Crippen MR) is 99.6 cm³/mol. The summed E-state index contributed by atoms with van der Waals surface area (Å²) in [6.45, 7) is 1.62. The zero-order chi connectivity index (χ0) is 21.4. The molecule has 6 nitrogen and oxygen atoms in total. The molecule has 1 aliphatic heterocycles. The van der Waals surface area contributed by atoms with Gasteiger partial charge in [0.25, 0.3) is 5.91 Å². The fourth-order valence-corrected chi connectivity index (χ4v) is 3.33. The summed E-state index contributed by atoms with van der Waals surface area (Å²) in [5, 5.41) is 6.32. The second-order valence-corrected chi connectivity index (χ2v) is 6.91. The van der Waals surface area contributed by atoms with Crippen LogP contribution in [0.5, 0.6) is 0 Å². The molecule has 0 saturated carbocycles. The Morgan fingerprint density at radius 1 is 1.13 bits per heavy atom. The van der Waals surface area contributed by atoms with Gasteiger partial charge in [0.2, 0.25) is 23.2 Å². The van der Waals surface area contributed by atoms with Crippen LogP contribution < -0.4 is 5.32 Å². The molecule has 0 radical (unpaired) electrons. The van der Waals surface area contributed by atoms with Crippen molar-refractivity contribution in [1.82, 2.24) is 15.4 Å². The van der Waals surface area contributed by atoms with Crippen LogP contribution in [0.1, 0.15) is 29.0 Å². The molecular weight excluding hydrogens is 399 g/mol. The molecule has 1 aliphatic rings. The molecule has 4 rings (SSSR count). The van der Waals surface area contributed by atoms with Gasteiger partial charge in [-0.15, -0.1) is 0 Å². The molecule has 2 atom stereocenters. The average Bonchev–Trinajstić information content (AvgIpc) is 3.13. The molecule has 0 aliphatic carbocycles. The number of piperazine rings is 1. The SMILES string of the molecule is CC1C(=O)NC(c2ccccc2)CN1C(=O)c1noc(-c2ccc(F)c(F)c2)c1F. The first kappa shape index (κ1) is 19.7. The fourth-order valence-electron chi connectivity index (χ4n) is 3.33. The van der Waals surface area contributed by atoms with Crippen molar-refractivity contribution in [1.29, 1.82) is 0 Å². The van der Waals surface area contributed by atoms with Gasteiger partial charge >= 0.3 is 0 Å². The molecule has 3 aromatic rings. The Hall–Kier alpha value is -3.62. The van der Waals surface area contributed by atoms with Crippen molar-refractivity contribution in [3.63, 3.8) is 0 Å². The summed E-state index contributed by atoms with van der Waals surface area (Å²) in [5.41, 5.74) is 0.0475. The summed E-state index contributed by atoms with van der Waals surface area (Å²) < 4.78 is 46.4. The first-order chi connectivity index (χ1) is 14.4. The lowest BCUT2D eigenvalue weighted by Gasteiger charge is -2.37. The number of benzene rings is 2. The molecule has 1 N–H and O–H groups in total. The van der Waals surface area contributed by atoms with Crippen molar-refractivity contribution < 1.29 is 27.3 Å². The topological polar surface area (TPSA) is 75.4 Å². The van der Waals surface area contributed by atoms with Crippen LogP contribution in [-0.2, 0) is 4.79 Å². The van der Waals surface area contributed by atoms with Crippen LogP contribution in [0, 0.1) is 17.5 Å². The van der Waals surface area contributed by atoms with Crippen LogP contribution in [0.15, 0.2) is 53.1 Å². The molecule has 0 spiro atoms. The van der Waals surface area contributed by atoms with E-state index >= 15 is 0 Å². The van der Waals surface area contributed by atoms with E-state index in [2.05, 4.69) is 10.5 Å². The number of hydrogen-bond acceptors (Lipinski definition) is 4. The molecule has 2 amide bonds. The number of nitrogens with one attached hydrogen (secondary N) is 1. The van der Waals surface area contributed by atoms with Gasteiger partial charge in [0.15, 0.2) is 11.6 Å². The highest BCUT2D eigenvalue weighted by Crippen LogP contribution is 2.28. The number of carbonyl (C=O) groups excluding carboxylic acids is 2. The Labute approximate surface area is 169 Å². The van der Waals surface area contributed by atoms with Gasteiger partial charge in [-0.3, -0.25) is 9.59 Å². The number of halogens is 3. The minimum Gasteiger partial charge on any atom is -0.352 e. The van der Waals surface area contributed by atoms with Gasteiger partial charge in [-0.1, -0.05) is 35.5 Å². The Morgan fingerprint density at radius 2 is 1.87 bits per heavy atom. The van der Waals surface area contributed by atoms with E-state index in [4.69, 9.17) is 4.52 Å². The van der Waals surface area contributed by atoms with Crippen molar-refractivity contribution in [2.75, 3.05) is 6.54 Å². The summed E-state index contributed by atoms with van der Waals surface area (Å²) >= 11 is 0. The second-order valence-electron chi connectivity index (χ2n) is 6.91. The van der Waals surface area contributed by atoms with Gasteiger partial charge in [0.05, 0.1) is 6.04 Å². The molecular formula is C21H16F3N3O3. The van der Waals surface area contributed by atoms with E-state index in [0.717, 1.165) is 23.8 Å². The Morgan fingerprint density at radius 3 is 2.57 bits per heavy atom. The summed E-state index contributed by atoms with van der Waals surface area (Å²) in [4.78, 5) is 26.6. The Kier molecular flexibility index (Phi) is 5.03. The molecule has 9 heteroatoms.